The SMILES string of the molecule is COc1cc(C=C2C(=O)NC(=S)N(c3cccc(C(=O)O)c3)C2=O)c(Br)cc1OCc1ccc(Cl)cc1. The van der Waals surface area contributed by atoms with Gasteiger partial charge in [0.25, 0.3) is 11.8 Å². The standard InChI is InChI=1S/C26H18BrClN2O6S/c1-35-21-11-16(20(27)12-22(21)36-13-14-5-7-17(28)8-6-14)10-19-23(31)29-26(37)30(24(19)32)18-4-2-3-15(9-18)25(33)34/h2-12H,13H2,1H3,(H,33,34)(H,29,31,37). The van der Waals surface area contributed by atoms with Crippen LogP contribution in [0.4, 0.5) is 5.69 Å². The Morgan fingerprint density at radius 3 is 2.54 bits per heavy atom. The van der Waals surface area contributed by atoms with Gasteiger partial charge in [-0.1, -0.05) is 45.7 Å². The van der Waals surface area contributed by atoms with Crippen LogP contribution in [-0.4, -0.2) is 35.1 Å². The van der Waals surface area contributed by atoms with Crippen LogP contribution in [0.3, 0.4) is 0 Å². The highest BCUT2D eigenvalue weighted by Crippen LogP contribution is 2.36. The molecule has 0 spiro atoms. The van der Waals surface area contributed by atoms with Crippen molar-refractivity contribution in [3.8, 4) is 11.5 Å². The van der Waals surface area contributed by atoms with E-state index in [4.69, 9.17) is 33.3 Å². The lowest BCUT2D eigenvalue weighted by molar-refractivity contribution is -0.122. The highest BCUT2D eigenvalue weighted by molar-refractivity contribution is 9.10. The molecule has 1 saturated heterocycles. The lowest BCUT2D eigenvalue weighted by atomic mass is 10.1. The van der Waals surface area contributed by atoms with Gasteiger partial charge in [0.1, 0.15) is 12.2 Å². The summed E-state index contributed by atoms with van der Waals surface area (Å²) in [5.41, 5.74) is 1.36. The van der Waals surface area contributed by atoms with Gasteiger partial charge in [0.2, 0.25) is 0 Å². The van der Waals surface area contributed by atoms with Crippen LogP contribution in [0.15, 0.2) is 70.7 Å². The number of hydrogen-bond donors (Lipinski definition) is 2. The van der Waals surface area contributed by atoms with Gasteiger partial charge < -0.3 is 14.6 Å². The first kappa shape index (κ1) is 26.3. The summed E-state index contributed by atoms with van der Waals surface area (Å²) in [6.07, 6.45) is 1.39. The molecule has 0 aliphatic carbocycles. The first-order chi connectivity index (χ1) is 17.7. The molecule has 37 heavy (non-hydrogen) atoms. The van der Waals surface area contributed by atoms with Crippen molar-refractivity contribution in [1.29, 1.82) is 0 Å². The number of anilines is 1. The number of halogens is 2. The second kappa shape index (κ2) is 11.1. The van der Waals surface area contributed by atoms with Crippen LogP contribution in [-0.2, 0) is 16.2 Å². The zero-order valence-electron chi connectivity index (χ0n) is 19.2. The molecule has 1 aliphatic heterocycles. The number of amides is 2. The lowest BCUT2D eigenvalue weighted by Crippen LogP contribution is -2.54. The Morgan fingerprint density at radius 2 is 1.86 bits per heavy atom. The Morgan fingerprint density at radius 1 is 1.14 bits per heavy atom. The number of carboxylic acid groups (broad SMARTS) is 1. The quantitative estimate of drug-likeness (QED) is 0.217. The second-order valence-corrected chi connectivity index (χ2v) is 9.43. The Bertz CT molecular complexity index is 1460. The summed E-state index contributed by atoms with van der Waals surface area (Å²) in [7, 11) is 1.48. The smallest absolute Gasteiger partial charge is 0.335 e. The maximum absolute atomic E-state index is 13.3. The van der Waals surface area contributed by atoms with Crippen molar-refractivity contribution in [2.24, 2.45) is 0 Å². The number of benzene rings is 3. The number of rotatable bonds is 7. The number of aromatic carboxylic acids is 1. The van der Waals surface area contributed by atoms with Crippen molar-refractivity contribution in [2.75, 3.05) is 12.0 Å². The molecule has 8 nitrogen and oxygen atoms in total. The van der Waals surface area contributed by atoms with Gasteiger partial charge in [-0.2, -0.15) is 0 Å². The average Bonchev–Trinajstić information content (AvgIpc) is 2.87. The molecule has 1 fully saturated rings. The monoisotopic (exact) mass is 600 g/mol. The molecule has 3 aromatic carbocycles. The predicted octanol–water partition coefficient (Wildman–Crippen LogP) is 5.22. The molecule has 0 saturated carbocycles. The minimum Gasteiger partial charge on any atom is -0.493 e. The number of methoxy groups -OCH3 is 1. The summed E-state index contributed by atoms with van der Waals surface area (Å²) in [4.78, 5) is 38.5. The van der Waals surface area contributed by atoms with Crippen molar-refractivity contribution in [2.45, 2.75) is 6.61 Å². The van der Waals surface area contributed by atoms with E-state index in [9.17, 15) is 19.5 Å². The Hall–Kier alpha value is -3.73. The summed E-state index contributed by atoms with van der Waals surface area (Å²) >= 11 is 14.6. The lowest BCUT2D eigenvalue weighted by Gasteiger charge is -2.29. The number of thiocarbonyl (C=S) groups is 1. The van der Waals surface area contributed by atoms with Crippen LogP contribution in [0.2, 0.25) is 5.02 Å². The largest absolute Gasteiger partial charge is 0.493 e. The summed E-state index contributed by atoms with van der Waals surface area (Å²) in [6.45, 7) is 0.267. The highest BCUT2D eigenvalue weighted by Gasteiger charge is 2.35. The van der Waals surface area contributed by atoms with Gasteiger partial charge in [-0.05, 0) is 71.9 Å². The Kier molecular flexibility index (Phi) is 7.91. The molecular formula is C26H18BrClN2O6S. The van der Waals surface area contributed by atoms with Gasteiger partial charge in [-0.15, -0.1) is 0 Å². The molecule has 0 bridgehead atoms. The Labute approximate surface area is 230 Å². The van der Waals surface area contributed by atoms with Crippen LogP contribution in [0.25, 0.3) is 6.08 Å². The fraction of sp³-hybridized carbons (Fsp3) is 0.0769. The number of nitrogens with one attached hydrogen (secondary N) is 1. The highest BCUT2D eigenvalue weighted by atomic mass is 79.9. The predicted molar refractivity (Wildman–Crippen MR) is 146 cm³/mol. The fourth-order valence-electron chi connectivity index (χ4n) is 3.50. The van der Waals surface area contributed by atoms with Crippen molar-refractivity contribution in [3.05, 3.63) is 92.4 Å². The number of hydrogen-bond acceptors (Lipinski definition) is 6. The molecular weight excluding hydrogens is 584 g/mol. The second-order valence-electron chi connectivity index (χ2n) is 7.75. The van der Waals surface area contributed by atoms with E-state index in [0.29, 0.717) is 26.6 Å². The maximum atomic E-state index is 13.3. The maximum Gasteiger partial charge on any atom is 0.335 e. The molecule has 11 heteroatoms. The minimum absolute atomic E-state index is 0.0304. The van der Waals surface area contributed by atoms with E-state index >= 15 is 0 Å². The first-order valence-electron chi connectivity index (χ1n) is 10.7. The Balaban J connectivity index is 1.65. The summed E-state index contributed by atoms with van der Waals surface area (Å²) < 4.78 is 11.9. The minimum atomic E-state index is -1.16. The van der Waals surface area contributed by atoms with Gasteiger partial charge in [-0.25, -0.2) is 4.79 Å². The number of carboxylic acids is 1. The topological polar surface area (TPSA) is 105 Å². The molecule has 0 aromatic heterocycles. The third kappa shape index (κ3) is 5.82. The molecule has 1 aliphatic rings. The average molecular weight is 602 g/mol. The van der Waals surface area contributed by atoms with Crippen LogP contribution in [0.1, 0.15) is 21.5 Å². The van der Waals surface area contributed by atoms with Crippen LogP contribution in [0, 0.1) is 0 Å². The van der Waals surface area contributed by atoms with Gasteiger partial charge in [0, 0.05) is 9.50 Å². The van der Waals surface area contributed by atoms with Crippen LogP contribution >= 0.6 is 39.7 Å². The van der Waals surface area contributed by atoms with E-state index in [2.05, 4.69) is 21.2 Å². The number of ether oxygens (including phenoxy) is 2. The van der Waals surface area contributed by atoms with Crippen LogP contribution in [0.5, 0.6) is 11.5 Å². The third-order valence-electron chi connectivity index (χ3n) is 5.34. The van der Waals surface area contributed by atoms with E-state index in [-0.39, 0.29) is 28.5 Å². The molecule has 2 N–H and O–H groups in total. The van der Waals surface area contributed by atoms with E-state index < -0.39 is 17.8 Å². The molecule has 4 rings (SSSR count). The van der Waals surface area contributed by atoms with Crippen LogP contribution < -0.4 is 19.7 Å². The normalized spacial score (nSPS) is 14.5. The van der Waals surface area contributed by atoms with E-state index in [0.717, 1.165) is 10.5 Å². The van der Waals surface area contributed by atoms with Crippen molar-refractivity contribution < 1.29 is 29.0 Å². The molecule has 2 amide bonds. The summed E-state index contributed by atoms with van der Waals surface area (Å²) in [5, 5.41) is 12.2. The first-order valence-corrected chi connectivity index (χ1v) is 12.3. The molecule has 188 valence electrons. The van der Waals surface area contributed by atoms with Crippen molar-refractivity contribution in [3.63, 3.8) is 0 Å². The number of carbonyl (C=O) groups is 3. The van der Waals surface area contributed by atoms with Gasteiger partial charge >= 0.3 is 5.97 Å². The molecule has 0 atom stereocenters. The fourth-order valence-corrected chi connectivity index (χ4v) is 4.34. The number of carbonyl (C=O) groups excluding carboxylic acids is 2. The van der Waals surface area contributed by atoms with Gasteiger partial charge in [-0.3, -0.25) is 19.8 Å². The van der Waals surface area contributed by atoms with Crippen molar-refractivity contribution >= 4 is 74.4 Å². The van der Waals surface area contributed by atoms with Gasteiger partial charge in [0.15, 0.2) is 16.6 Å². The van der Waals surface area contributed by atoms with E-state index in [1.807, 2.05) is 12.1 Å². The van der Waals surface area contributed by atoms with E-state index in [1.54, 1.807) is 24.3 Å². The third-order valence-corrected chi connectivity index (χ3v) is 6.57. The zero-order chi connectivity index (χ0) is 26.7. The molecule has 1 heterocycles. The molecule has 3 aromatic rings. The van der Waals surface area contributed by atoms with E-state index in [1.165, 1.54) is 37.5 Å². The molecule has 0 unspecified atom stereocenters. The van der Waals surface area contributed by atoms with Gasteiger partial charge in [0.05, 0.1) is 18.4 Å². The zero-order valence-corrected chi connectivity index (χ0v) is 22.3. The molecule has 0 radical (unpaired) electrons. The summed E-state index contributed by atoms with van der Waals surface area (Å²) in [5.74, 6) is -1.72. The summed E-state index contributed by atoms with van der Waals surface area (Å²) in [6, 6.07) is 16.2. The van der Waals surface area contributed by atoms with Crippen molar-refractivity contribution in [1.82, 2.24) is 5.32 Å². The number of nitrogens with zero attached hydrogens (tertiary/aromatic N) is 1.